The summed E-state index contributed by atoms with van der Waals surface area (Å²) in [6.07, 6.45) is 1.00. The minimum absolute atomic E-state index is 0.147. The summed E-state index contributed by atoms with van der Waals surface area (Å²) >= 11 is 2.28. The van der Waals surface area contributed by atoms with Crippen molar-refractivity contribution in [3.8, 4) is 5.75 Å². The van der Waals surface area contributed by atoms with E-state index in [0.29, 0.717) is 13.2 Å². The van der Waals surface area contributed by atoms with Gasteiger partial charge in [-0.05, 0) is 60.7 Å². The Morgan fingerprint density at radius 1 is 1.35 bits per heavy atom. The highest BCUT2D eigenvalue weighted by Crippen LogP contribution is 2.24. The van der Waals surface area contributed by atoms with Crippen LogP contribution in [-0.2, 0) is 9.47 Å². The summed E-state index contributed by atoms with van der Waals surface area (Å²) < 4.78 is 18.1. The Morgan fingerprint density at radius 2 is 2.06 bits per heavy atom. The first-order valence-electron chi connectivity index (χ1n) is 5.75. The summed E-state index contributed by atoms with van der Waals surface area (Å²) in [5, 5.41) is 0. The van der Waals surface area contributed by atoms with Crippen molar-refractivity contribution < 1.29 is 14.2 Å². The molecule has 0 bridgehead atoms. The molecule has 0 aliphatic carbocycles. The van der Waals surface area contributed by atoms with E-state index in [0.717, 1.165) is 12.2 Å². The second-order valence-electron chi connectivity index (χ2n) is 4.54. The number of hydrogen-bond donors (Lipinski definition) is 0. The fraction of sp³-hybridized carbons (Fsp3) is 0.538. The number of halogens is 1. The molecule has 1 aromatic rings. The van der Waals surface area contributed by atoms with Crippen LogP contribution in [0.1, 0.15) is 20.3 Å². The Morgan fingerprint density at radius 3 is 2.65 bits per heavy atom. The Balaban J connectivity index is 1.71. The van der Waals surface area contributed by atoms with Gasteiger partial charge in [-0.15, -0.1) is 0 Å². The molecule has 0 aromatic heterocycles. The average molecular weight is 348 g/mol. The number of hydrogen-bond acceptors (Lipinski definition) is 3. The number of rotatable bonds is 4. The molecule has 17 heavy (non-hydrogen) atoms. The van der Waals surface area contributed by atoms with Crippen molar-refractivity contribution >= 4 is 22.6 Å². The number of benzene rings is 1. The van der Waals surface area contributed by atoms with Gasteiger partial charge in [0.2, 0.25) is 0 Å². The van der Waals surface area contributed by atoms with Gasteiger partial charge in [0.1, 0.15) is 5.75 Å². The maximum Gasteiger partial charge on any atom is 0.163 e. The van der Waals surface area contributed by atoms with E-state index in [9.17, 15) is 0 Å². The summed E-state index contributed by atoms with van der Waals surface area (Å²) in [6.45, 7) is 5.19. The Hall–Kier alpha value is -0.330. The Kier molecular flexibility index (Phi) is 4.27. The Labute approximate surface area is 116 Å². The standard InChI is InChI=1S/C13H17IO3/c1-13(2)16-9-12(17-13)7-8-15-11-5-3-10(14)4-6-11/h3-6,12H,7-9H2,1-2H3/t12-/m0/s1. The van der Waals surface area contributed by atoms with E-state index in [-0.39, 0.29) is 6.10 Å². The molecule has 0 radical (unpaired) electrons. The predicted molar refractivity (Wildman–Crippen MR) is 74.2 cm³/mol. The van der Waals surface area contributed by atoms with Crippen molar-refractivity contribution in [3.63, 3.8) is 0 Å². The second kappa shape index (κ2) is 5.54. The lowest BCUT2D eigenvalue weighted by Gasteiger charge is -2.17. The third-order valence-electron chi connectivity index (χ3n) is 2.59. The van der Waals surface area contributed by atoms with Crippen molar-refractivity contribution in [1.82, 2.24) is 0 Å². The molecule has 1 saturated heterocycles. The van der Waals surface area contributed by atoms with Gasteiger partial charge in [-0.1, -0.05) is 0 Å². The van der Waals surface area contributed by atoms with Gasteiger partial charge in [0.25, 0.3) is 0 Å². The molecule has 1 aliphatic rings. The minimum atomic E-state index is -0.437. The van der Waals surface area contributed by atoms with Crippen LogP contribution in [0.5, 0.6) is 5.75 Å². The van der Waals surface area contributed by atoms with Crippen molar-refractivity contribution in [1.29, 1.82) is 0 Å². The number of ether oxygens (including phenoxy) is 3. The van der Waals surface area contributed by atoms with Gasteiger partial charge in [-0.2, -0.15) is 0 Å². The zero-order valence-electron chi connectivity index (χ0n) is 10.1. The summed E-state index contributed by atoms with van der Waals surface area (Å²) in [7, 11) is 0. The zero-order chi connectivity index (χ0) is 12.3. The third kappa shape index (κ3) is 4.12. The fourth-order valence-electron chi connectivity index (χ4n) is 1.74. The molecule has 2 rings (SSSR count). The molecule has 1 aliphatic heterocycles. The molecule has 0 amide bonds. The Bertz CT molecular complexity index is 361. The fourth-order valence-corrected chi connectivity index (χ4v) is 2.10. The van der Waals surface area contributed by atoms with Crippen LogP contribution >= 0.6 is 22.6 Å². The normalized spacial score (nSPS) is 22.6. The lowest BCUT2D eigenvalue weighted by atomic mass is 10.3. The molecule has 4 heteroatoms. The van der Waals surface area contributed by atoms with Crippen molar-refractivity contribution in [2.24, 2.45) is 0 Å². The van der Waals surface area contributed by atoms with Gasteiger partial charge in [0.15, 0.2) is 5.79 Å². The lowest BCUT2D eigenvalue weighted by molar-refractivity contribution is -0.139. The smallest absolute Gasteiger partial charge is 0.163 e. The van der Waals surface area contributed by atoms with E-state index in [2.05, 4.69) is 22.6 Å². The summed E-state index contributed by atoms with van der Waals surface area (Å²) in [6, 6.07) is 8.04. The van der Waals surface area contributed by atoms with E-state index in [1.807, 2.05) is 38.1 Å². The third-order valence-corrected chi connectivity index (χ3v) is 3.31. The van der Waals surface area contributed by atoms with Crippen molar-refractivity contribution in [3.05, 3.63) is 27.8 Å². The zero-order valence-corrected chi connectivity index (χ0v) is 12.3. The highest BCUT2D eigenvalue weighted by molar-refractivity contribution is 14.1. The summed E-state index contributed by atoms with van der Waals surface area (Å²) in [5.41, 5.74) is 0. The van der Waals surface area contributed by atoms with Crippen LogP contribution in [0.25, 0.3) is 0 Å². The topological polar surface area (TPSA) is 27.7 Å². The second-order valence-corrected chi connectivity index (χ2v) is 5.79. The van der Waals surface area contributed by atoms with Crippen LogP contribution in [0, 0.1) is 3.57 Å². The van der Waals surface area contributed by atoms with E-state index < -0.39 is 5.79 Å². The molecule has 0 N–H and O–H groups in total. The highest BCUT2D eigenvalue weighted by atomic mass is 127. The van der Waals surface area contributed by atoms with Crippen LogP contribution in [0.4, 0.5) is 0 Å². The molecule has 1 aromatic carbocycles. The SMILES string of the molecule is CC1(C)OC[C@H](CCOc2ccc(I)cc2)O1. The van der Waals surface area contributed by atoms with Gasteiger partial charge in [-0.25, -0.2) is 0 Å². The van der Waals surface area contributed by atoms with Gasteiger partial charge in [0.05, 0.1) is 19.3 Å². The van der Waals surface area contributed by atoms with Gasteiger partial charge in [0, 0.05) is 9.99 Å². The van der Waals surface area contributed by atoms with Crippen LogP contribution in [0.15, 0.2) is 24.3 Å². The summed E-state index contributed by atoms with van der Waals surface area (Å²) in [4.78, 5) is 0. The van der Waals surface area contributed by atoms with Crippen LogP contribution in [0.3, 0.4) is 0 Å². The van der Waals surface area contributed by atoms with Crippen LogP contribution in [0.2, 0.25) is 0 Å². The quantitative estimate of drug-likeness (QED) is 0.782. The maximum absolute atomic E-state index is 5.70. The maximum atomic E-state index is 5.70. The summed E-state index contributed by atoms with van der Waals surface area (Å²) in [5.74, 6) is 0.469. The van der Waals surface area contributed by atoms with E-state index in [4.69, 9.17) is 14.2 Å². The molecule has 3 nitrogen and oxygen atoms in total. The molecule has 0 unspecified atom stereocenters. The van der Waals surface area contributed by atoms with Gasteiger partial charge < -0.3 is 14.2 Å². The van der Waals surface area contributed by atoms with Gasteiger partial charge in [-0.3, -0.25) is 0 Å². The molecule has 0 saturated carbocycles. The van der Waals surface area contributed by atoms with Crippen LogP contribution in [-0.4, -0.2) is 25.1 Å². The first kappa shape index (κ1) is 13.1. The first-order chi connectivity index (χ1) is 8.05. The average Bonchev–Trinajstić information content (AvgIpc) is 2.61. The molecule has 1 atom stereocenters. The molecule has 1 fully saturated rings. The molecule has 0 spiro atoms. The largest absolute Gasteiger partial charge is 0.493 e. The van der Waals surface area contributed by atoms with E-state index in [1.54, 1.807) is 0 Å². The molecule has 1 heterocycles. The first-order valence-corrected chi connectivity index (χ1v) is 6.83. The van der Waals surface area contributed by atoms with Crippen molar-refractivity contribution in [2.75, 3.05) is 13.2 Å². The predicted octanol–water partition coefficient (Wildman–Crippen LogP) is 3.21. The molecule has 94 valence electrons. The minimum Gasteiger partial charge on any atom is -0.493 e. The van der Waals surface area contributed by atoms with Crippen molar-refractivity contribution in [2.45, 2.75) is 32.2 Å². The van der Waals surface area contributed by atoms with Gasteiger partial charge >= 0.3 is 0 Å². The van der Waals surface area contributed by atoms with E-state index >= 15 is 0 Å². The highest BCUT2D eigenvalue weighted by Gasteiger charge is 2.32. The monoisotopic (exact) mass is 348 g/mol. The molecular weight excluding hydrogens is 331 g/mol. The molecular formula is C13H17IO3. The lowest BCUT2D eigenvalue weighted by Crippen LogP contribution is -2.22. The van der Waals surface area contributed by atoms with E-state index in [1.165, 1.54) is 3.57 Å². The van der Waals surface area contributed by atoms with Crippen LogP contribution < -0.4 is 4.74 Å².